The van der Waals surface area contributed by atoms with Gasteiger partial charge in [0, 0.05) is 11.1 Å². The SMILES string of the molecule is COc1ccc(/C=C2/SC(=O)N(CC(=O)O)C2=O)c(OC)c1C. The maximum Gasteiger partial charge on any atom is 0.323 e. The smallest absolute Gasteiger partial charge is 0.323 e. The third-order valence-corrected chi connectivity index (χ3v) is 4.17. The van der Waals surface area contributed by atoms with Crippen LogP contribution in [0.5, 0.6) is 11.5 Å². The van der Waals surface area contributed by atoms with E-state index in [0.717, 1.165) is 5.56 Å². The number of carbonyl (C=O) groups excluding carboxylic acids is 2. The number of nitrogens with zero attached hydrogens (tertiary/aromatic N) is 1. The molecule has 1 fully saturated rings. The minimum Gasteiger partial charge on any atom is -0.496 e. The van der Waals surface area contributed by atoms with Gasteiger partial charge in [-0.2, -0.15) is 0 Å². The van der Waals surface area contributed by atoms with E-state index >= 15 is 0 Å². The quantitative estimate of drug-likeness (QED) is 0.823. The van der Waals surface area contributed by atoms with Gasteiger partial charge in [-0.25, -0.2) is 0 Å². The molecule has 0 unspecified atom stereocenters. The molecule has 1 saturated heterocycles. The van der Waals surface area contributed by atoms with Gasteiger partial charge in [-0.15, -0.1) is 0 Å². The number of ether oxygens (including phenoxy) is 2. The zero-order valence-corrected chi connectivity index (χ0v) is 13.6. The number of amides is 2. The summed E-state index contributed by atoms with van der Waals surface area (Å²) in [5, 5.41) is 8.15. The maximum absolute atomic E-state index is 12.2. The molecule has 2 rings (SSSR count). The van der Waals surface area contributed by atoms with Crippen molar-refractivity contribution in [1.29, 1.82) is 0 Å². The molecule has 8 heteroatoms. The Morgan fingerprint density at radius 3 is 2.57 bits per heavy atom. The number of imide groups is 1. The van der Waals surface area contributed by atoms with Crippen molar-refractivity contribution in [3.8, 4) is 11.5 Å². The molecule has 1 heterocycles. The largest absolute Gasteiger partial charge is 0.496 e. The van der Waals surface area contributed by atoms with Crippen LogP contribution in [0, 0.1) is 6.92 Å². The first-order valence-electron chi connectivity index (χ1n) is 6.57. The van der Waals surface area contributed by atoms with Crippen molar-refractivity contribution in [1.82, 2.24) is 4.90 Å². The average Bonchev–Trinajstić information content (AvgIpc) is 2.75. The van der Waals surface area contributed by atoms with Gasteiger partial charge in [-0.3, -0.25) is 19.3 Å². The van der Waals surface area contributed by atoms with E-state index in [1.807, 2.05) is 6.92 Å². The number of hydrogen-bond donors (Lipinski definition) is 1. The molecular weight excluding hydrogens is 322 g/mol. The summed E-state index contributed by atoms with van der Waals surface area (Å²) in [5.41, 5.74) is 1.36. The maximum atomic E-state index is 12.2. The Labute approximate surface area is 136 Å². The molecular formula is C15H15NO6S. The summed E-state index contributed by atoms with van der Waals surface area (Å²) in [4.78, 5) is 35.5. The van der Waals surface area contributed by atoms with Crippen molar-refractivity contribution < 1.29 is 29.0 Å². The molecule has 7 nitrogen and oxygen atoms in total. The molecule has 0 atom stereocenters. The van der Waals surface area contributed by atoms with E-state index in [-0.39, 0.29) is 4.91 Å². The highest BCUT2D eigenvalue weighted by molar-refractivity contribution is 8.18. The second kappa shape index (κ2) is 6.74. The third-order valence-electron chi connectivity index (χ3n) is 3.26. The first kappa shape index (κ1) is 16.9. The number of carbonyl (C=O) groups is 3. The molecule has 1 aliphatic heterocycles. The molecule has 0 aromatic heterocycles. The van der Waals surface area contributed by atoms with Crippen molar-refractivity contribution in [3.05, 3.63) is 28.2 Å². The molecule has 0 aliphatic carbocycles. The highest BCUT2D eigenvalue weighted by Crippen LogP contribution is 2.37. The zero-order chi connectivity index (χ0) is 17.1. The van der Waals surface area contributed by atoms with Crippen LogP contribution in [0.4, 0.5) is 4.79 Å². The molecule has 23 heavy (non-hydrogen) atoms. The molecule has 0 bridgehead atoms. The van der Waals surface area contributed by atoms with E-state index in [9.17, 15) is 14.4 Å². The van der Waals surface area contributed by atoms with Gasteiger partial charge >= 0.3 is 5.97 Å². The molecule has 1 aromatic rings. The number of rotatable bonds is 5. The highest BCUT2D eigenvalue weighted by Gasteiger charge is 2.36. The third kappa shape index (κ3) is 3.31. The Morgan fingerprint density at radius 2 is 2.00 bits per heavy atom. The average molecular weight is 337 g/mol. The van der Waals surface area contributed by atoms with E-state index < -0.39 is 23.7 Å². The second-order valence-corrected chi connectivity index (χ2v) is 5.67. The van der Waals surface area contributed by atoms with Crippen molar-refractivity contribution in [2.75, 3.05) is 20.8 Å². The fraction of sp³-hybridized carbons (Fsp3) is 0.267. The molecule has 0 spiro atoms. The first-order valence-corrected chi connectivity index (χ1v) is 7.39. The van der Waals surface area contributed by atoms with Gasteiger partial charge in [0.1, 0.15) is 18.0 Å². The van der Waals surface area contributed by atoms with Crippen LogP contribution in [0.3, 0.4) is 0 Å². The van der Waals surface area contributed by atoms with E-state index in [2.05, 4.69) is 0 Å². The lowest BCUT2D eigenvalue weighted by Gasteiger charge is -2.12. The van der Waals surface area contributed by atoms with Crippen molar-refractivity contribution in [3.63, 3.8) is 0 Å². The van der Waals surface area contributed by atoms with Gasteiger partial charge in [0.25, 0.3) is 11.1 Å². The second-order valence-electron chi connectivity index (χ2n) is 4.68. The van der Waals surface area contributed by atoms with Crippen LogP contribution in [-0.4, -0.2) is 47.9 Å². The van der Waals surface area contributed by atoms with Crippen LogP contribution < -0.4 is 9.47 Å². The molecule has 122 valence electrons. The summed E-state index contributed by atoms with van der Waals surface area (Å²) in [6, 6.07) is 3.43. The van der Waals surface area contributed by atoms with E-state index in [4.69, 9.17) is 14.6 Å². The predicted molar refractivity (Wildman–Crippen MR) is 84.6 cm³/mol. The summed E-state index contributed by atoms with van der Waals surface area (Å²) < 4.78 is 10.6. The lowest BCUT2D eigenvalue weighted by atomic mass is 10.1. The Balaban J connectivity index is 2.40. The lowest BCUT2D eigenvalue weighted by molar-refractivity contribution is -0.140. The Kier molecular flexibility index (Phi) is 4.95. The van der Waals surface area contributed by atoms with E-state index in [0.29, 0.717) is 33.7 Å². The fourth-order valence-electron chi connectivity index (χ4n) is 2.21. The molecule has 0 saturated carbocycles. The van der Waals surface area contributed by atoms with Gasteiger partial charge in [-0.05, 0) is 36.9 Å². The minimum absolute atomic E-state index is 0.152. The van der Waals surface area contributed by atoms with Crippen molar-refractivity contribution >= 4 is 35.0 Å². The van der Waals surface area contributed by atoms with Crippen LogP contribution in [0.25, 0.3) is 6.08 Å². The van der Waals surface area contributed by atoms with E-state index in [1.54, 1.807) is 19.2 Å². The summed E-state index contributed by atoms with van der Waals surface area (Å²) >= 11 is 0.702. The highest BCUT2D eigenvalue weighted by atomic mass is 32.2. The van der Waals surface area contributed by atoms with Crippen LogP contribution in [0.1, 0.15) is 11.1 Å². The Morgan fingerprint density at radius 1 is 1.30 bits per heavy atom. The van der Waals surface area contributed by atoms with Crippen molar-refractivity contribution in [2.24, 2.45) is 0 Å². The van der Waals surface area contributed by atoms with Crippen LogP contribution in [0.15, 0.2) is 17.0 Å². The standard InChI is InChI=1S/C15H15NO6S/c1-8-10(21-2)5-4-9(13(8)22-3)6-11-14(19)16(7-12(17)18)15(20)23-11/h4-6H,7H2,1-3H3,(H,17,18)/b11-6+. The number of methoxy groups -OCH3 is 2. The predicted octanol–water partition coefficient (Wildman–Crippen LogP) is 2.13. The monoisotopic (exact) mass is 337 g/mol. The van der Waals surface area contributed by atoms with Gasteiger partial charge in [0.15, 0.2) is 0 Å². The van der Waals surface area contributed by atoms with Gasteiger partial charge in [-0.1, -0.05) is 0 Å². The molecule has 0 radical (unpaired) electrons. The molecule has 1 aromatic carbocycles. The summed E-state index contributed by atoms with van der Waals surface area (Å²) in [6.45, 7) is 1.16. The molecule has 1 aliphatic rings. The first-order chi connectivity index (χ1) is 10.9. The van der Waals surface area contributed by atoms with Crippen molar-refractivity contribution in [2.45, 2.75) is 6.92 Å². The zero-order valence-electron chi connectivity index (χ0n) is 12.8. The number of thioether (sulfide) groups is 1. The number of benzene rings is 1. The normalized spacial score (nSPS) is 16.1. The van der Waals surface area contributed by atoms with Gasteiger partial charge in [0.05, 0.1) is 19.1 Å². The molecule has 2 amide bonds. The Bertz CT molecular complexity index is 712. The van der Waals surface area contributed by atoms with Crippen LogP contribution in [0.2, 0.25) is 0 Å². The molecule has 1 N–H and O–H groups in total. The summed E-state index contributed by atoms with van der Waals surface area (Å²) in [5.74, 6) is -0.711. The lowest BCUT2D eigenvalue weighted by Crippen LogP contribution is -2.33. The van der Waals surface area contributed by atoms with E-state index in [1.165, 1.54) is 13.2 Å². The number of carboxylic acid groups (broad SMARTS) is 1. The topological polar surface area (TPSA) is 93.1 Å². The number of aliphatic carboxylic acids is 1. The number of carboxylic acids is 1. The minimum atomic E-state index is -1.24. The number of hydrogen-bond acceptors (Lipinski definition) is 6. The fourth-order valence-corrected chi connectivity index (χ4v) is 3.04. The summed E-state index contributed by atoms with van der Waals surface area (Å²) in [7, 11) is 3.04. The summed E-state index contributed by atoms with van der Waals surface area (Å²) in [6.07, 6.45) is 1.51. The van der Waals surface area contributed by atoms with Gasteiger partial charge in [0.2, 0.25) is 0 Å². The van der Waals surface area contributed by atoms with Crippen LogP contribution >= 0.6 is 11.8 Å². The van der Waals surface area contributed by atoms with Gasteiger partial charge < -0.3 is 14.6 Å². The Hall–Kier alpha value is -2.48. The van der Waals surface area contributed by atoms with Crippen LogP contribution in [-0.2, 0) is 9.59 Å².